The molecule has 2 aliphatic carbocycles. The number of allylic oxidation sites excluding steroid dienone is 2. The van der Waals surface area contributed by atoms with E-state index >= 15 is 0 Å². The molecule has 6 atom stereocenters. The molecule has 8 rings (SSSR count). The number of halogens is 2. The zero-order valence-corrected chi connectivity index (χ0v) is 26.6. The molecule has 12 heteroatoms. The van der Waals surface area contributed by atoms with Crippen LogP contribution in [0.15, 0.2) is 90.5 Å². The topological polar surface area (TPSA) is 138 Å². The summed E-state index contributed by atoms with van der Waals surface area (Å²) in [6.45, 7) is 1.73. The van der Waals surface area contributed by atoms with Gasteiger partial charge >= 0.3 is 0 Å². The third kappa shape index (κ3) is 4.24. The Balaban J connectivity index is 1.30. The predicted octanol–water partition coefficient (Wildman–Crippen LogP) is 6.68. The number of amides is 4. The van der Waals surface area contributed by atoms with Crippen molar-refractivity contribution in [2.45, 2.75) is 25.7 Å². The van der Waals surface area contributed by atoms with Crippen LogP contribution in [0.3, 0.4) is 0 Å². The van der Waals surface area contributed by atoms with Gasteiger partial charge in [-0.25, -0.2) is 14.2 Å². The molecule has 1 N–H and O–H groups in total. The average Bonchev–Trinajstić information content (AvgIpc) is 3.46. The maximum atomic E-state index is 14.7. The number of phenols is 1. The molecule has 4 amide bonds. The molecule has 0 radical (unpaired) electrons. The van der Waals surface area contributed by atoms with Crippen molar-refractivity contribution < 1.29 is 33.6 Å². The fraction of sp³-hybridized carbons (Fsp3) is 0.243. The molecule has 10 nitrogen and oxygen atoms in total. The number of rotatable bonds is 4. The van der Waals surface area contributed by atoms with Crippen LogP contribution < -0.4 is 9.80 Å². The Bertz CT molecular complexity index is 2220. The number of non-ortho nitro benzene ring substituents is 1. The summed E-state index contributed by atoms with van der Waals surface area (Å²) in [7, 11) is 0. The van der Waals surface area contributed by atoms with Crippen LogP contribution in [0, 0.1) is 45.0 Å². The van der Waals surface area contributed by atoms with Crippen LogP contribution in [0.25, 0.3) is 10.8 Å². The third-order valence-electron chi connectivity index (χ3n) is 11.0. The van der Waals surface area contributed by atoms with Crippen molar-refractivity contribution in [3.8, 4) is 5.75 Å². The summed E-state index contributed by atoms with van der Waals surface area (Å²) in [6, 6.07) is 19.4. The van der Waals surface area contributed by atoms with Crippen molar-refractivity contribution in [3.63, 3.8) is 0 Å². The quantitative estimate of drug-likeness (QED) is 0.110. The average molecular weight is 680 g/mol. The van der Waals surface area contributed by atoms with E-state index in [1.807, 2.05) is 12.1 Å². The number of benzene rings is 4. The van der Waals surface area contributed by atoms with E-state index in [0.29, 0.717) is 16.3 Å². The standard InChI is InChI=1S/C37H27ClFN3O7/c1-37-27(34(45)41(36(37)47)19-9-13-29(39)28(38)16-19)17-26-24(32(37)23-12-14-30(43)22-8-3-2-7-21(22)23)10-11-25-31(26)35(46)40(33(25)44)18-5-4-6-20(15-18)42(48)49/h2-10,12-16,25-27,31-32,43H,11,17H2,1H3/t25-,26+,27-,31-,32-,37+/m0/s1. The fourth-order valence-electron chi connectivity index (χ4n) is 8.79. The van der Waals surface area contributed by atoms with Crippen molar-refractivity contribution in [2.24, 2.45) is 29.1 Å². The number of phenolic OH excluding ortho intramolecular Hbond substituents is 1. The molecule has 2 heterocycles. The van der Waals surface area contributed by atoms with Crippen LogP contribution in [-0.4, -0.2) is 33.7 Å². The number of carbonyl (C=O) groups excluding carboxylic acids is 4. The Morgan fingerprint density at radius 2 is 1.61 bits per heavy atom. The van der Waals surface area contributed by atoms with Gasteiger partial charge in [-0.1, -0.05) is 59.6 Å². The van der Waals surface area contributed by atoms with Crippen molar-refractivity contribution in [2.75, 3.05) is 9.80 Å². The molecule has 4 aliphatic rings. The molecule has 4 aromatic rings. The lowest BCUT2D eigenvalue weighted by atomic mass is 9.51. The highest BCUT2D eigenvalue weighted by Gasteiger charge is 2.67. The summed E-state index contributed by atoms with van der Waals surface area (Å²) in [4.78, 5) is 70.3. The first-order chi connectivity index (χ1) is 23.4. The smallest absolute Gasteiger partial charge is 0.271 e. The van der Waals surface area contributed by atoms with E-state index in [1.165, 1.54) is 36.4 Å². The van der Waals surface area contributed by atoms with Gasteiger partial charge in [0.05, 0.1) is 44.5 Å². The molecule has 49 heavy (non-hydrogen) atoms. The number of aromatic hydroxyl groups is 1. The SMILES string of the molecule is C[C@@]12C(=O)N(c3ccc(F)c(Cl)c3)C(=O)[C@@H]1C[C@@H]1C(=CC[C@@H]3C(=O)N(c4cccc([N+](=O)[O-])c4)C(=O)[C@@H]31)[C@@H]2c1ccc(O)c2ccccc12. The number of anilines is 2. The van der Waals surface area contributed by atoms with Gasteiger partial charge in [-0.2, -0.15) is 0 Å². The highest BCUT2D eigenvalue weighted by molar-refractivity contribution is 6.32. The number of hydrogen-bond donors (Lipinski definition) is 1. The van der Waals surface area contributed by atoms with Crippen LogP contribution in [0.1, 0.15) is 31.2 Å². The highest BCUT2D eigenvalue weighted by Crippen LogP contribution is 2.64. The maximum Gasteiger partial charge on any atom is 0.271 e. The van der Waals surface area contributed by atoms with Gasteiger partial charge < -0.3 is 5.11 Å². The summed E-state index contributed by atoms with van der Waals surface area (Å²) in [5, 5.41) is 23.2. The molecule has 2 saturated heterocycles. The van der Waals surface area contributed by atoms with Gasteiger partial charge in [0.25, 0.3) is 5.69 Å². The second-order valence-corrected chi connectivity index (χ2v) is 13.7. The molecular formula is C37H27ClFN3O7. The minimum absolute atomic E-state index is 0.0340. The Morgan fingerprint density at radius 3 is 2.35 bits per heavy atom. The zero-order chi connectivity index (χ0) is 34.5. The molecular weight excluding hydrogens is 653 g/mol. The van der Waals surface area contributed by atoms with Gasteiger partial charge in [-0.05, 0) is 67.0 Å². The van der Waals surface area contributed by atoms with Crippen molar-refractivity contribution in [3.05, 3.63) is 117 Å². The van der Waals surface area contributed by atoms with E-state index in [1.54, 1.807) is 37.3 Å². The second-order valence-electron chi connectivity index (χ2n) is 13.3. The maximum absolute atomic E-state index is 14.7. The summed E-state index contributed by atoms with van der Waals surface area (Å²) >= 11 is 6.09. The number of carbonyl (C=O) groups is 4. The summed E-state index contributed by atoms with van der Waals surface area (Å²) in [6.07, 6.45) is 2.16. The number of nitro benzene ring substituents is 1. The molecule has 0 spiro atoms. The number of nitrogens with zero attached hydrogens (tertiary/aromatic N) is 3. The monoisotopic (exact) mass is 679 g/mol. The van der Waals surface area contributed by atoms with E-state index in [2.05, 4.69) is 0 Å². The van der Waals surface area contributed by atoms with Crippen LogP contribution >= 0.6 is 11.6 Å². The lowest BCUT2D eigenvalue weighted by Crippen LogP contribution is -2.49. The summed E-state index contributed by atoms with van der Waals surface area (Å²) in [5.74, 6) is -6.73. The number of imide groups is 2. The minimum Gasteiger partial charge on any atom is -0.507 e. The van der Waals surface area contributed by atoms with Gasteiger partial charge in [0.2, 0.25) is 23.6 Å². The Labute approximate surface area is 283 Å². The second kappa shape index (κ2) is 10.8. The highest BCUT2D eigenvalue weighted by atomic mass is 35.5. The van der Waals surface area contributed by atoms with Gasteiger partial charge in [-0.15, -0.1) is 0 Å². The molecule has 0 aromatic heterocycles. The first-order valence-corrected chi connectivity index (χ1v) is 16.2. The Hall–Kier alpha value is -5.42. The third-order valence-corrected chi connectivity index (χ3v) is 11.3. The van der Waals surface area contributed by atoms with E-state index < -0.39 is 69.4 Å². The van der Waals surface area contributed by atoms with Gasteiger partial charge in [0.1, 0.15) is 11.6 Å². The molecule has 4 aromatic carbocycles. The molecule has 2 aliphatic heterocycles. The molecule has 1 saturated carbocycles. The number of hydrogen-bond acceptors (Lipinski definition) is 7. The molecule has 0 unspecified atom stereocenters. The lowest BCUT2D eigenvalue weighted by molar-refractivity contribution is -0.384. The van der Waals surface area contributed by atoms with Crippen molar-refractivity contribution in [1.29, 1.82) is 0 Å². The van der Waals surface area contributed by atoms with Crippen molar-refractivity contribution >= 4 is 63.1 Å². The van der Waals surface area contributed by atoms with Crippen LogP contribution in [0.2, 0.25) is 5.02 Å². The molecule has 246 valence electrons. The number of nitro groups is 1. The lowest BCUT2D eigenvalue weighted by Gasteiger charge is -2.49. The number of fused-ring (bicyclic) bond motifs is 5. The predicted molar refractivity (Wildman–Crippen MR) is 177 cm³/mol. The van der Waals surface area contributed by atoms with Crippen molar-refractivity contribution in [1.82, 2.24) is 0 Å². The van der Waals surface area contributed by atoms with Gasteiger partial charge in [0.15, 0.2) is 0 Å². The minimum atomic E-state index is -1.38. The van der Waals surface area contributed by atoms with Crippen LogP contribution in [-0.2, 0) is 19.2 Å². The summed E-state index contributed by atoms with van der Waals surface area (Å²) in [5.41, 5.74) is -0.0343. The normalized spacial score (nSPS) is 27.7. The first kappa shape index (κ1) is 30.9. The molecule has 0 bridgehead atoms. The van der Waals surface area contributed by atoms with E-state index in [0.717, 1.165) is 21.4 Å². The van der Waals surface area contributed by atoms with E-state index in [-0.39, 0.29) is 40.7 Å². The van der Waals surface area contributed by atoms with Gasteiger partial charge in [-0.3, -0.25) is 29.3 Å². The van der Waals surface area contributed by atoms with Crippen LogP contribution in [0.4, 0.5) is 21.5 Å². The Morgan fingerprint density at radius 1 is 0.878 bits per heavy atom. The summed E-state index contributed by atoms with van der Waals surface area (Å²) < 4.78 is 14.2. The fourth-order valence-corrected chi connectivity index (χ4v) is 8.96. The van der Waals surface area contributed by atoms with Gasteiger partial charge in [0, 0.05) is 23.4 Å². The van der Waals surface area contributed by atoms with Crippen LogP contribution in [0.5, 0.6) is 5.75 Å². The first-order valence-electron chi connectivity index (χ1n) is 15.8. The Kier molecular flexibility index (Phi) is 6.80. The van der Waals surface area contributed by atoms with E-state index in [4.69, 9.17) is 11.6 Å². The molecule has 3 fully saturated rings. The largest absolute Gasteiger partial charge is 0.507 e. The zero-order valence-electron chi connectivity index (χ0n) is 25.9. The van der Waals surface area contributed by atoms with E-state index in [9.17, 15) is 38.8 Å².